The molecule has 0 bridgehead atoms. The number of hydrogen-bond donors (Lipinski definition) is 2. The third-order valence-electron chi connectivity index (χ3n) is 5.43. The second-order valence-corrected chi connectivity index (χ2v) is 8.75. The minimum absolute atomic E-state index is 0.00162. The predicted octanol–water partition coefficient (Wildman–Crippen LogP) is 4.65. The summed E-state index contributed by atoms with van der Waals surface area (Å²) >= 11 is 1.23. The van der Waals surface area contributed by atoms with Crippen molar-refractivity contribution in [1.29, 1.82) is 0 Å². The molecule has 0 saturated heterocycles. The van der Waals surface area contributed by atoms with Crippen molar-refractivity contribution < 1.29 is 24.5 Å². The van der Waals surface area contributed by atoms with Crippen LogP contribution < -0.4 is 9.47 Å². The molecule has 0 spiro atoms. The molecule has 1 aliphatic carbocycles. The third-order valence-corrected chi connectivity index (χ3v) is 6.50. The van der Waals surface area contributed by atoms with Crippen LogP contribution in [0.2, 0.25) is 0 Å². The molecule has 162 valence electrons. The average Bonchev–Trinajstić information content (AvgIpc) is 3.27. The van der Waals surface area contributed by atoms with E-state index >= 15 is 0 Å². The van der Waals surface area contributed by atoms with Gasteiger partial charge in [0.1, 0.15) is 18.1 Å². The van der Waals surface area contributed by atoms with Crippen LogP contribution in [0, 0.1) is 0 Å². The topological polar surface area (TPSA) is 76.0 Å². The van der Waals surface area contributed by atoms with Gasteiger partial charge in [-0.2, -0.15) is 0 Å². The maximum absolute atomic E-state index is 10.7. The fraction of sp³-hybridized carbons (Fsp3) is 0.458. The quantitative estimate of drug-likeness (QED) is 0.540. The maximum Gasteiger partial charge on any atom is 0.313 e. The minimum Gasteiger partial charge on any atom is -0.497 e. The van der Waals surface area contributed by atoms with Crippen LogP contribution >= 0.6 is 11.8 Å². The van der Waals surface area contributed by atoms with E-state index in [0.29, 0.717) is 24.7 Å². The van der Waals surface area contributed by atoms with Gasteiger partial charge in [-0.25, -0.2) is 0 Å². The molecule has 0 amide bonds. The summed E-state index contributed by atoms with van der Waals surface area (Å²) in [6.45, 7) is 0.428. The van der Waals surface area contributed by atoms with E-state index in [1.54, 1.807) is 7.11 Å². The number of carbonyl (C=O) groups is 1. The van der Waals surface area contributed by atoms with Crippen LogP contribution in [-0.2, 0) is 17.8 Å². The third kappa shape index (κ3) is 6.41. The van der Waals surface area contributed by atoms with E-state index in [0.717, 1.165) is 35.5 Å². The van der Waals surface area contributed by atoms with Gasteiger partial charge in [-0.1, -0.05) is 43.2 Å². The Bertz CT molecular complexity index is 832. The van der Waals surface area contributed by atoms with Crippen molar-refractivity contribution >= 4 is 17.7 Å². The van der Waals surface area contributed by atoms with E-state index in [2.05, 4.69) is 6.07 Å². The molecule has 3 rings (SSSR count). The number of carboxylic acid groups (broad SMARTS) is 1. The second-order valence-electron chi connectivity index (χ2n) is 7.72. The number of methoxy groups -OCH3 is 1. The van der Waals surface area contributed by atoms with Crippen molar-refractivity contribution in [2.45, 2.75) is 50.7 Å². The molecule has 1 saturated carbocycles. The molecule has 0 aliphatic heterocycles. The zero-order valence-corrected chi connectivity index (χ0v) is 18.2. The van der Waals surface area contributed by atoms with Crippen LogP contribution in [0.1, 0.15) is 48.3 Å². The Morgan fingerprint density at radius 1 is 1.20 bits per heavy atom. The van der Waals surface area contributed by atoms with Gasteiger partial charge in [-0.05, 0) is 47.6 Å². The molecule has 1 atom stereocenters. The lowest BCUT2D eigenvalue weighted by Gasteiger charge is -2.21. The molecular formula is C24H30O5S. The van der Waals surface area contributed by atoms with Crippen molar-refractivity contribution in [3.63, 3.8) is 0 Å². The highest BCUT2D eigenvalue weighted by Crippen LogP contribution is 2.41. The van der Waals surface area contributed by atoms with E-state index in [1.165, 1.54) is 30.2 Å². The maximum atomic E-state index is 10.7. The Morgan fingerprint density at radius 2 is 1.97 bits per heavy atom. The molecule has 5 nitrogen and oxygen atoms in total. The predicted molar refractivity (Wildman–Crippen MR) is 120 cm³/mol. The van der Waals surface area contributed by atoms with Crippen LogP contribution in [0.3, 0.4) is 0 Å². The summed E-state index contributed by atoms with van der Waals surface area (Å²) in [5, 5.41) is 19.3. The number of aliphatic hydroxyl groups excluding tert-OH is 1. The number of thioether (sulfide) groups is 1. The van der Waals surface area contributed by atoms with Crippen molar-refractivity contribution in [3.05, 3.63) is 59.2 Å². The van der Waals surface area contributed by atoms with Crippen molar-refractivity contribution in [3.8, 4) is 11.5 Å². The summed E-state index contributed by atoms with van der Waals surface area (Å²) in [6, 6.07) is 14.0. The first kappa shape index (κ1) is 22.5. The van der Waals surface area contributed by atoms with Gasteiger partial charge in [-0.3, -0.25) is 4.79 Å². The van der Waals surface area contributed by atoms with Crippen LogP contribution in [0.5, 0.6) is 11.5 Å². The summed E-state index contributed by atoms with van der Waals surface area (Å²) in [4.78, 5) is 10.7. The standard InChI is InChI=1S/C24H30O5S/c1-28-21-10-4-6-17(12-21)14-29-24-19(13-20(25)15-30-16-23(26)27)9-5-11-22(24)18-7-2-3-8-18/h4-6,9-12,18,20,25H,2-3,7-8,13-16H2,1H3,(H,26,27). The van der Waals surface area contributed by atoms with Gasteiger partial charge in [-0.15, -0.1) is 11.8 Å². The molecule has 0 radical (unpaired) electrons. The molecule has 2 aromatic carbocycles. The second kappa shape index (κ2) is 11.3. The molecule has 2 aromatic rings. The number of benzene rings is 2. The lowest BCUT2D eigenvalue weighted by molar-refractivity contribution is -0.133. The zero-order chi connectivity index (χ0) is 21.3. The number of aliphatic hydroxyl groups is 1. The van der Waals surface area contributed by atoms with Crippen LogP contribution in [0.15, 0.2) is 42.5 Å². The fourth-order valence-electron chi connectivity index (χ4n) is 4.01. The van der Waals surface area contributed by atoms with Crippen LogP contribution in [0.25, 0.3) is 0 Å². The Hall–Kier alpha value is -2.18. The number of hydrogen-bond acceptors (Lipinski definition) is 5. The Morgan fingerprint density at radius 3 is 2.70 bits per heavy atom. The normalized spacial score (nSPS) is 15.1. The number of rotatable bonds is 11. The summed E-state index contributed by atoms with van der Waals surface area (Å²) in [5.41, 5.74) is 3.23. The summed E-state index contributed by atoms with van der Waals surface area (Å²) in [7, 11) is 1.65. The van der Waals surface area contributed by atoms with Crippen molar-refractivity contribution in [2.75, 3.05) is 18.6 Å². The van der Waals surface area contributed by atoms with Crippen LogP contribution in [0.4, 0.5) is 0 Å². The molecule has 0 aromatic heterocycles. The summed E-state index contributed by atoms with van der Waals surface area (Å²) in [5.74, 6) is 1.68. The molecule has 2 N–H and O–H groups in total. The van der Waals surface area contributed by atoms with E-state index in [4.69, 9.17) is 14.6 Å². The summed E-state index contributed by atoms with van der Waals surface area (Å²) < 4.78 is 11.7. The van der Waals surface area contributed by atoms with E-state index < -0.39 is 12.1 Å². The Balaban J connectivity index is 1.77. The molecule has 30 heavy (non-hydrogen) atoms. The first-order valence-corrected chi connectivity index (χ1v) is 11.6. The number of para-hydroxylation sites is 1. The number of aliphatic carboxylic acids is 1. The van der Waals surface area contributed by atoms with Crippen molar-refractivity contribution in [2.24, 2.45) is 0 Å². The van der Waals surface area contributed by atoms with Crippen LogP contribution in [-0.4, -0.2) is 40.9 Å². The van der Waals surface area contributed by atoms with Gasteiger partial charge in [0.15, 0.2) is 0 Å². The van der Waals surface area contributed by atoms with Crippen molar-refractivity contribution in [1.82, 2.24) is 0 Å². The monoisotopic (exact) mass is 430 g/mol. The van der Waals surface area contributed by atoms with Gasteiger partial charge in [0.05, 0.1) is 19.0 Å². The fourth-order valence-corrected chi connectivity index (χ4v) is 4.69. The number of carboxylic acids is 1. The van der Waals surface area contributed by atoms with Gasteiger partial charge in [0.25, 0.3) is 0 Å². The molecule has 1 fully saturated rings. The Kier molecular flexibility index (Phi) is 8.46. The lowest BCUT2D eigenvalue weighted by Crippen LogP contribution is -2.16. The summed E-state index contributed by atoms with van der Waals surface area (Å²) in [6.07, 6.45) is 4.62. The van der Waals surface area contributed by atoms with E-state index in [9.17, 15) is 9.90 Å². The first-order valence-electron chi connectivity index (χ1n) is 10.4. The highest BCUT2D eigenvalue weighted by molar-refractivity contribution is 7.99. The molecule has 6 heteroatoms. The molecular weight excluding hydrogens is 400 g/mol. The zero-order valence-electron chi connectivity index (χ0n) is 17.4. The van der Waals surface area contributed by atoms with Gasteiger partial charge < -0.3 is 19.7 Å². The molecule has 1 aliphatic rings. The largest absolute Gasteiger partial charge is 0.497 e. The van der Waals surface area contributed by atoms with Gasteiger partial charge >= 0.3 is 5.97 Å². The average molecular weight is 431 g/mol. The highest BCUT2D eigenvalue weighted by atomic mass is 32.2. The molecule has 0 heterocycles. The SMILES string of the molecule is COc1cccc(COc2c(CC(O)CSCC(=O)O)cccc2C2CCCC2)c1. The minimum atomic E-state index is -0.863. The van der Waals surface area contributed by atoms with Gasteiger partial charge in [0.2, 0.25) is 0 Å². The smallest absolute Gasteiger partial charge is 0.313 e. The number of ether oxygens (including phenoxy) is 2. The van der Waals surface area contributed by atoms with E-state index in [1.807, 2.05) is 36.4 Å². The lowest BCUT2D eigenvalue weighted by atomic mass is 9.93. The van der Waals surface area contributed by atoms with Gasteiger partial charge in [0, 0.05) is 12.2 Å². The Labute approximate surface area is 182 Å². The van der Waals surface area contributed by atoms with E-state index in [-0.39, 0.29) is 5.75 Å². The first-order chi connectivity index (χ1) is 14.6. The highest BCUT2D eigenvalue weighted by Gasteiger charge is 2.23. The molecule has 1 unspecified atom stereocenters.